The Morgan fingerprint density at radius 3 is 3.12 bits per heavy atom. The number of fused-ring (bicyclic) bond motifs is 1. The zero-order chi connectivity index (χ0) is 11.2. The Morgan fingerprint density at radius 2 is 2.24 bits per heavy atom. The first-order valence-corrected chi connectivity index (χ1v) is 6.18. The lowest BCUT2D eigenvalue weighted by Gasteiger charge is -2.06. The van der Waals surface area contributed by atoms with Gasteiger partial charge in [0, 0.05) is 23.8 Å². The lowest BCUT2D eigenvalue weighted by molar-refractivity contribution is 0.746. The van der Waals surface area contributed by atoms with Crippen LogP contribution in [0.2, 0.25) is 0 Å². The molecule has 4 heteroatoms. The van der Waals surface area contributed by atoms with Crippen molar-refractivity contribution in [1.29, 1.82) is 0 Å². The van der Waals surface area contributed by atoms with Gasteiger partial charge in [-0.25, -0.2) is 0 Å². The molecule has 2 aliphatic rings. The van der Waals surface area contributed by atoms with E-state index in [9.17, 15) is 0 Å². The molecule has 0 atom stereocenters. The van der Waals surface area contributed by atoms with E-state index in [4.69, 9.17) is 0 Å². The summed E-state index contributed by atoms with van der Waals surface area (Å²) in [6.45, 7) is 1.05. The second kappa shape index (κ2) is 3.32. The van der Waals surface area contributed by atoms with Gasteiger partial charge in [-0.1, -0.05) is 12.1 Å². The minimum Gasteiger partial charge on any atom is -0.384 e. The van der Waals surface area contributed by atoms with Crippen molar-refractivity contribution >= 4 is 5.69 Å². The fraction of sp³-hybridized carbons (Fsp3) is 0.385. The predicted octanol–water partition coefficient (Wildman–Crippen LogP) is 2.25. The van der Waals surface area contributed by atoms with E-state index in [0.717, 1.165) is 18.8 Å². The average Bonchev–Trinajstić information content (AvgIpc) is 2.93. The first kappa shape index (κ1) is 9.22. The summed E-state index contributed by atoms with van der Waals surface area (Å²) in [6, 6.07) is 7.19. The SMILES string of the molecule is c1cc2c(cc1-c1nncn1C1CC1)NCC2. The van der Waals surface area contributed by atoms with Gasteiger partial charge >= 0.3 is 0 Å². The highest BCUT2D eigenvalue weighted by Crippen LogP contribution is 2.38. The normalized spacial score (nSPS) is 17.9. The summed E-state index contributed by atoms with van der Waals surface area (Å²) in [5.74, 6) is 1.00. The van der Waals surface area contributed by atoms with Crippen LogP contribution in [0.5, 0.6) is 0 Å². The quantitative estimate of drug-likeness (QED) is 0.854. The summed E-state index contributed by atoms with van der Waals surface area (Å²) in [5, 5.41) is 11.7. The molecule has 86 valence electrons. The van der Waals surface area contributed by atoms with Gasteiger partial charge in [-0.3, -0.25) is 0 Å². The van der Waals surface area contributed by atoms with E-state index in [2.05, 4.69) is 38.3 Å². The second-order valence-corrected chi connectivity index (χ2v) is 4.84. The molecular formula is C13H14N4. The summed E-state index contributed by atoms with van der Waals surface area (Å²) in [4.78, 5) is 0. The molecule has 1 fully saturated rings. The fourth-order valence-corrected chi connectivity index (χ4v) is 2.50. The Labute approximate surface area is 99.7 Å². The molecule has 4 rings (SSSR count). The molecule has 1 aromatic heterocycles. The van der Waals surface area contributed by atoms with Crippen molar-refractivity contribution in [1.82, 2.24) is 14.8 Å². The molecular weight excluding hydrogens is 212 g/mol. The number of nitrogens with one attached hydrogen (secondary N) is 1. The zero-order valence-corrected chi connectivity index (χ0v) is 9.56. The minimum atomic E-state index is 0.626. The topological polar surface area (TPSA) is 42.7 Å². The molecule has 0 saturated heterocycles. The minimum absolute atomic E-state index is 0.626. The third-order valence-electron chi connectivity index (χ3n) is 3.59. The van der Waals surface area contributed by atoms with Gasteiger partial charge in [-0.15, -0.1) is 10.2 Å². The van der Waals surface area contributed by atoms with Crippen molar-refractivity contribution in [3.63, 3.8) is 0 Å². The van der Waals surface area contributed by atoms with Crippen molar-refractivity contribution in [2.24, 2.45) is 0 Å². The van der Waals surface area contributed by atoms with Crippen LogP contribution in [-0.4, -0.2) is 21.3 Å². The van der Waals surface area contributed by atoms with Crippen LogP contribution in [0.1, 0.15) is 24.4 Å². The van der Waals surface area contributed by atoms with E-state index in [-0.39, 0.29) is 0 Å². The van der Waals surface area contributed by atoms with Crippen molar-refractivity contribution in [3.8, 4) is 11.4 Å². The Kier molecular flexibility index (Phi) is 1.80. The molecule has 17 heavy (non-hydrogen) atoms. The van der Waals surface area contributed by atoms with Crippen LogP contribution in [0, 0.1) is 0 Å². The van der Waals surface area contributed by atoms with Gasteiger partial charge in [0.05, 0.1) is 0 Å². The van der Waals surface area contributed by atoms with Crippen LogP contribution in [0.4, 0.5) is 5.69 Å². The predicted molar refractivity (Wildman–Crippen MR) is 65.9 cm³/mol. The van der Waals surface area contributed by atoms with Crippen molar-refractivity contribution in [2.45, 2.75) is 25.3 Å². The Hall–Kier alpha value is -1.84. The van der Waals surface area contributed by atoms with E-state index < -0.39 is 0 Å². The molecule has 1 saturated carbocycles. The molecule has 0 unspecified atom stereocenters. The first-order chi connectivity index (χ1) is 8.42. The monoisotopic (exact) mass is 226 g/mol. The van der Waals surface area contributed by atoms with Crippen molar-refractivity contribution in [3.05, 3.63) is 30.1 Å². The molecule has 1 aliphatic heterocycles. The van der Waals surface area contributed by atoms with E-state index in [1.807, 2.05) is 6.33 Å². The molecule has 1 aliphatic carbocycles. The molecule has 1 aromatic carbocycles. The fourth-order valence-electron chi connectivity index (χ4n) is 2.50. The standard InChI is InChI=1S/C13H14N4/c1-2-10(7-12-9(1)5-6-14-12)13-16-15-8-17(13)11-3-4-11/h1-2,7-8,11,14H,3-6H2. The van der Waals surface area contributed by atoms with Crippen molar-refractivity contribution in [2.75, 3.05) is 11.9 Å². The Morgan fingerprint density at radius 1 is 1.29 bits per heavy atom. The summed E-state index contributed by atoms with van der Waals surface area (Å²) >= 11 is 0. The number of benzene rings is 1. The molecule has 1 N–H and O–H groups in total. The number of anilines is 1. The van der Waals surface area contributed by atoms with E-state index in [1.165, 1.54) is 29.7 Å². The largest absolute Gasteiger partial charge is 0.384 e. The third kappa shape index (κ3) is 1.44. The smallest absolute Gasteiger partial charge is 0.164 e. The van der Waals surface area contributed by atoms with E-state index in [1.54, 1.807) is 0 Å². The number of nitrogens with zero attached hydrogens (tertiary/aromatic N) is 3. The molecule has 2 heterocycles. The lowest BCUT2D eigenvalue weighted by atomic mass is 10.1. The summed E-state index contributed by atoms with van der Waals surface area (Å²) in [6.07, 6.45) is 5.50. The van der Waals surface area contributed by atoms with Crippen LogP contribution in [0.3, 0.4) is 0 Å². The molecule has 0 radical (unpaired) electrons. The van der Waals surface area contributed by atoms with Gasteiger partial charge in [0.2, 0.25) is 0 Å². The first-order valence-electron chi connectivity index (χ1n) is 6.18. The number of hydrogen-bond donors (Lipinski definition) is 1. The second-order valence-electron chi connectivity index (χ2n) is 4.84. The summed E-state index contributed by atoms with van der Waals surface area (Å²) in [5.41, 5.74) is 3.83. The summed E-state index contributed by atoms with van der Waals surface area (Å²) < 4.78 is 2.21. The number of aromatic nitrogens is 3. The van der Waals surface area contributed by atoms with Gasteiger partial charge in [-0.2, -0.15) is 0 Å². The lowest BCUT2D eigenvalue weighted by Crippen LogP contribution is -1.96. The van der Waals surface area contributed by atoms with E-state index in [0.29, 0.717) is 6.04 Å². The molecule has 0 amide bonds. The maximum atomic E-state index is 4.26. The zero-order valence-electron chi connectivity index (χ0n) is 9.56. The van der Waals surface area contributed by atoms with Gasteiger partial charge in [-0.05, 0) is 30.9 Å². The highest BCUT2D eigenvalue weighted by molar-refractivity contribution is 5.67. The third-order valence-corrected chi connectivity index (χ3v) is 3.59. The van der Waals surface area contributed by atoms with Crippen LogP contribution >= 0.6 is 0 Å². The van der Waals surface area contributed by atoms with E-state index >= 15 is 0 Å². The van der Waals surface area contributed by atoms with Crippen LogP contribution < -0.4 is 5.32 Å². The summed E-state index contributed by atoms with van der Waals surface area (Å²) in [7, 11) is 0. The van der Waals surface area contributed by atoms with Crippen LogP contribution in [-0.2, 0) is 6.42 Å². The maximum absolute atomic E-state index is 4.26. The number of rotatable bonds is 2. The highest BCUT2D eigenvalue weighted by atomic mass is 15.3. The van der Waals surface area contributed by atoms with Gasteiger partial charge in [0.1, 0.15) is 6.33 Å². The van der Waals surface area contributed by atoms with Crippen molar-refractivity contribution < 1.29 is 0 Å². The average molecular weight is 226 g/mol. The number of hydrogen-bond acceptors (Lipinski definition) is 3. The highest BCUT2D eigenvalue weighted by Gasteiger charge is 2.26. The van der Waals surface area contributed by atoms with Crippen LogP contribution in [0.15, 0.2) is 24.5 Å². The van der Waals surface area contributed by atoms with Gasteiger partial charge in [0.15, 0.2) is 5.82 Å². The van der Waals surface area contributed by atoms with Crippen LogP contribution in [0.25, 0.3) is 11.4 Å². The molecule has 0 spiro atoms. The van der Waals surface area contributed by atoms with Gasteiger partial charge < -0.3 is 9.88 Å². The molecule has 4 nitrogen and oxygen atoms in total. The Balaban J connectivity index is 1.80. The Bertz CT molecular complexity index is 569. The van der Waals surface area contributed by atoms with Gasteiger partial charge in [0.25, 0.3) is 0 Å². The maximum Gasteiger partial charge on any atom is 0.164 e. The molecule has 0 bridgehead atoms. The molecule has 2 aromatic rings.